The molecule has 1 saturated carbocycles. The zero-order chi connectivity index (χ0) is 12.3. The fraction of sp³-hybridized carbons (Fsp3) is 0.500. The number of hydrogen-bond donors (Lipinski definition) is 2. The molecule has 0 aliphatic heterocycles. The molecule has 1 aromatic rings. The Morgan fingerprint density at radius 1 is 1.24 bits per heavy atom. The van der Waals surface area contributed by atoms with Crippen LogP contribution in [0.15, 0.2) is 24.3 Å². The normalized spacial score (nSPS) is 17.4. The van der Waals surface area contributed by atoms with Crippen LogP contribution < -0.4 is 4.72 Å². The van der Waals surface area contributed by atoms with Crippen LogP contribution in [0.3, 0.4) is 0 Å². The molecule has 4 nitrogen and oxygen atoms in total. The van der Waals surface area contributed by atoms with Gasteiger partial charge in [0, 0.05) is 12.1 Å². The minimum atomic E-state index is -3.24. The second-order valence-electron chi connectivity index (χ2n) is 4.40. The van der Waals surface area contributed by atoms with Gasteiger partial charge in [-0.1, -0.05) is 31.0 Å². The summed E-state index contributed by atoms with van der Waals surface area (Å²) < 4.78 is 26.4. The molecule has 0 radical (unpaired) electrons. The Morgan fingerprint density at radius 2 is 1.88 bits per heavy atom. The third-order valence-corrected chi connectivity index (χ3v) is 5.09. The Kier molecular flexibility index (Phi) is 3.69. The van der Waals surface area contributed by atoms with Crippen molar-refractivity contribution in [3.8, 4) is 5.75 Å². The molecule has 17 heavy (non-hydrogen) atoms. The molecule has 0 heterocycles. The topological polar surface area (TPSA) is 66.4 Å². The van der Waals surface area contributed by atoms with E-state index < -0.39 is 10.0 Å². The van der Waals surface area contributed by atoms with Crippen LogP contribution in [0.4, 0.5) is 0 Å². The lowest BCUT2D eigenvalue weighted by molar-refractivity contribution is 0.467. The number of benzene rings is 1. The van der Waals surface area contributed by atoms with Crippen LogP contribution in [0.25, 0.3) is 0 Å². The molecule has 0 atom stereocenters. The first-order valence-electron chi connectivity index (χ1n) is 5.85. The number of rotatable bonds is 4. The molecule has 0 bridgehead atoms. The van der Waals surface area contributed by atoms with Gasteiger partial charge in [-0.2, -0.15) is 0 Å². The van der Waals surface area contributed by atoms with E-state index in [1.54, 1.807) is 24.3 Å². The van der Waals surface area contributed by atoms with E-state index in [0.29, 0.717) is 5.56 Å². The van der Waals surface area contributed by atoms with Gasteiger partial charge in [0.2, 0.25) is 10.0 Å². The summed E-state index contributed by atoms with van der Waals surface area (Å²) in [6.45, 7) is 0.158. The highest BCUT2D eigenvalue weighted by Gasteiger charge is 2.28. The van der Waals surface area contributed by atoms with E-state index >= 15 is 0 Å². The SMILES string of the molecule is O=S(=O)(NCc1ccccc1O)C1CCCC1. The van der Waals surface area contributed by atoms with Gasteiger partial charge in [-0.3, -0.25) is 0 Å². The van der Waals surface area contributed by atoms with E-state index in [1.165, 1.54) is 0 Å². The van der Waals surface area contributed by atoms with Gasteiger partial charge in [0.15, 0.2) is 0 Å². The highest BCUT2D eigenvalue weighted by Crippen LogP contribution is 2.24. The molecule has 0 aromatic heterocycles. The van der Waals surface area contributed by atoms with Gasteiger partial charge >= 0.3 is 0 Å². The number of phenols is 1. The maximum atomic E-state index is 11.9. The highest BCUT2D eigenvalue weighted by atomic mass is 32.2. The molecule has 0 spiro atoms. The molecule has 0 amide bonds. The van der Waals surface area contributed by atoms with E-state index in [0.717, 1.165) is 25.7 Å². The monoisotopic (exact) mass is 255 g/mol. The van der Waals surface area contributed by atoms with Gasteiger partial charge in [-0.05, 0) is 18.9 Å². The number of sulfonamides is 1. The molecule has 2 N–H and O–H groups in total. The molecule has 1 aromatic carbocycles. The predicted octanol–water partition coefficient (Wildman–Crippen LogP) is 1.75. The van der Waals surface area contributed by atoms with Crippen LogP contribution in [0.2, 0.25) is 0 Å². The molecule has 0 saturated heterocycles. The quantitative estimate of drug-likeness (QED) is 0.861. The Bertz CT molecular complexity index is 478. The molecule has 1 aliphatic carbocycles. The van der Waals surface area contributed by atoms with Crippen LogP contribution >= 0.6 is 0 Å². The van der Waals surface area contributed by atoms with Crippen molar-refractivity contribution in [2.24, 2.45) is 0 Å². The summed E-state index contributed by atoms with van der Waals surface area (Å²) in [5.74, 6) is 0.127. The van der Waals surface area contributed by atoms with Crippen LogP contribution in [0.1, 0.15) is 31.2 Å². The average molecular weight is 255 g/mol. The van der Waals surface area contributed by atoms with Gasteiger partial charge in [0.05, 0.1) is 5.25 Å². The van der Waals surface area contributed by atoms with Crippen molar-refractivity contribution < 1.29 is 13.5 Å². The van der Waals surface area contributed by atoms with Gasteiger partial charge in [-0.25, -0.2) is 13.1 Å². The minimum Gasteiger partial charge on any atom is -0.508 e. The molecular formula is C12H17NO3S. The number of aromatic hydroxyl groups is 1. The molecule has 5 heteroatoms. The summed E-state index contributed by atoms with van der Waals surface area (Å²) >= 11 is 0. The molecule has 1 fully saturated rings. The molecule has 94 valence electrons. The molecular weight excluding hydrogens is 238 g/mol. The van der Waals surface area contributed by atoms with Gasteiger partial charge < -0.3 is 5.11 Å². The van der Waals surface area contributed by atoms with Gasteiger partial charge in [0.1, 0.15) is 5.75 Å². The van der Waals surface area contributed by atoms with Gasteiger partial charge in [-0.15, -0.1) is 0 Å². The average Bonchev–Trinajstić information content (AvgIpc) is 2.82. The first-order chi connectivity index (χ1) is 8.09. The van der Waals surface area contributed by atoms with Crippen LogP contribution in [0, 0.1) is 0 Å². The maximum absolute atomic E-state index is 11.9. The first-order valence-corrected chi connectivity index (χ1v) is 7.39. The van der Waals surface area contributed by atoms with Crippen molar-refractivity contribution >= 4 is 10.0 Å². The van der Waals surface area contributed by atoms with Crippen LogP contribution in [-0.2, 0) is 16.6 Å². The second-order valence-corrected chi connectivity index (χ2v) is 6.45. The summed E-state index contributed by atoms with van der Waals surface area (Å²) in [4.78, 5) is 0. The Morgan fingerprint density at radius 3 is 2.53 bits per heavy atom. The highest BCUT2D eigenvalue weighted by molar-refractivity contribution is 7.90. The third-order valence-electron chi connectivity index (χ3n) is 3.20. The maximum Gasteiger partial charge on any atom is 0.214 e. The molecule has 2 rings (SSSR count). The Hall–Kier alpha value is -1.07. The number of para-hydroxylation sites is 1. The lowest BCUT2D eigenvalue weighted by Gasteiger charge is -2.12. The Labute approximate surface area is 102 Å². The van der Waals surface area contributed by atoms with Crippen molar-refractivity contribution in [2.45, 2.75) is 37.5 Å². The number of nitrogens with one attached hydrogen (secondary N) is 1. The second kappa shape index (κ2) is 5.06. The van der Waals surface area contributed by atoms with E-state index in [1.807, 2.05) is 0 Å². The van der Waals surface area contributed by atoms with Crippen LogP contribution in [0.5, 0.6) is 5.75 Å². The largest absolute Gasteiger partial charge is 0.508 e. The van der Waals surface area contributed by atoms with E-state index in [-0.39, 0.29) is 17.5 Å². The molecule has 1 aliphatic rings. The predicted molar refractivity (Wildman–Crippen MR) is 66.1 cm³/mol. The smallest absolute Gasteiger partial charge is 0.214 e. The van der Waals surface area contributed by atoms with Crippen molar-refractivity contribution in [1.29, 1.82) is 0 Å². The zero-order valence-electron chi connectivity index (χ0n) is 9.59. The fourth-order valence-electron chi connectivity index (χ4n) is 2.16. The molecule has 0 unspecified atom stereocenters. The van der Waals surface area contributed by atoms with Crippen LogP contribution in [-0.4, -0.2) is 18.8 Å². The first kappa shape index (κ1) is 12.4. The summed E-state index contributed by atoms with van der Waals surface area (Å²) in [5, 5.41) is 9.28. The van der Waals surface area contributed by atoms with E-state index in [9.17, 15) is 13.5 Å². The zero-order valence-corrected chi connectivity index (χ0v) is 10.4. The van der Waals surface area contributed by atoms with E-state index in [2.05, 4.69) is 4.72 Å². The number of hydrogen-bond acceptors (Lipinski definition) is 3. The summed E-state index contributed by atoms with van der Waals surface area (Å²) in [6.07, 6.45) is 3.47. The Balaban J connectivity index is 2.00. The van der Waals surface area contributed by atoms with Crippen molar-refractivity contribution in [1.82, 2.24) is 4.72 Å². The lowest BCUT2D eigenvalue weighted by Crippen LogP contribution is -2.32. The third kappa shape index (κ3) is 2.98. The van der Waals surface area contributed by atoms with Gasteiger partial charge in [0.25, 0.3) is 0 Å². The van der Waals surface area contributed by atoms with E-state index in [4.69, 9.17) is 0 Å². The fourth-order valence-corrected chi connectivity index (χ4v) is 3.70. The van der Waals surface area contributed by atoms with Crippen molar-refractivity contribution in [2.75, 3.05) is 0 Å². The summed E-state index contributed by atoms with van der Waals surface area (Å²) in [7, 11) is -3.24. The minimum absolute atomic E-state index is 0.127. The summed E-state index contributed by atoms with van der Waals surface area (Å²) in [6, 6.07) is 6.76. The standard InChI is InChI=1S/C12H17NO3S/c14-12-8-4-1-5-10(12)9-13-17(15,16)11-6-2-3-7-11/h1,4-5,8,11,13-14H,2-3,6-7,9H2. The van der Waals surface area contributed by atoms with Crippen molar-refractivity contribution in [3.63, 3.8) is 0 Å². The van der Waals surface area contributed by atoms with Crippen molar-refractivity contribution in [3.05, 3.63) is 29.8 Å². The summed E-state index contributed by atoms with van der Waals surface area (Å²) in [5.41, 5.74) is 0.606. The lowest BCUT2D eigenvalue weighted by atomic mass is 10.2. The number of phenolic OH excluding ortho intramolecular Hbond substituents is 1.